The number of rotatable bonds is 7. The molecule has 0 aliphatic rings. The Labute approximate surface area is 143 Å². The van der Waals surface area contributed by atoms with Crippen molar-refractivity contribution >= 4 is 21.6 Å². The van der Waals surface area contributed by atoms with Gasteiger partial charge in [0.25, 0.3) is 0 Å². The Hall–Kier alpha value is -2.18. The lowest BCUT2D eigenvalue weighted by Crippen LogP contribution is -2.23. The van der Waals surface area contributed by atoms with Crippen LogP contribution in [0.3, 0.4) is 0 Å². The quantitative estimate of drug-likeness (QED) is 0.809. The summed E-state index contributed by atoms with van der Waals surface area (Å²) in [5.74, 6) is 0.189. The molecule has 128 valence electrons. The van der Waals surface area contributed by atoms with Crippen molar-refractivity contribution in [3.05, 3.63) is 60.2 Å². The summed E-state index contributed by atoms with van der Waals surface area (Å²) in [6.07, 6.45) is 0.429. The van der Waals surface area contributed by atoms with Crippen LogP contribution in [-0.2, 0) is 21.4 Å². The lowest BCUT2D eigenvalue weighted by Gasteiger charge is -2.09. The number of amides is 1. The maximum Gasteiger partial charge on any atom is 0.240 e. The highest BCUT2D eigenvalue weighted by Gasteiger charge is 2.14. The van der Waals surface area contributed by atoms with E-state index >= 15 is 0 Å². The molecule has 0 bridgehead atoms. The lowest BCUT2D eigenvalue weighted by atomic mass is 10.1. The van der Waals surface area contributed by atoms with E-state index in [0.717, 1.165) is 5.56 Å². The molecule has 2 aromatic rings. The summed E-state index contributed by atoms with van der Waals surface area (Å²) >= 11 is 0. The van der Waals surface area contributed by atoms with E-state index in [9.17, 15) is 13.2 Å². The van der Waals surface area contributed by atoms with Crippen molar-refractivity contribution in [3.8, 4) is 0 Å². The first-order valence-electron chi connectivity index (χ1n) is 7.80. The molecule has 0 saturated carbocycles. The zero-order valence-corrected chi connectivity index (χ0v) is 14.6. The third-order valence-electron chi connectivity index (χ3n) is 3.35. The van der Waals surface area contributed by atoms with E-state index in [1.165, 1.54) is 12.1 Å². The van der Waals surface area contributed by atoms with Crippen molar-refractivity contribution in [2.45, 2.75) is 31.7 Å². The molecule has 6 heteroatoms. The van der Waals surface area contributed by atoms with Crippen molar-refractivity contribution in [3.63, 3.8) is 0 Å². The summed E-state index contributed by atoms with van der Waals surface area (Å²) in [4.78, 5) is 11.9. The topological polar surface area (TPSA) is 75.3 Å². The number of sulfonamides is 1. The Balaban J connectivity index is 1.99. The minimum absolute atomic E-state index is 0.0807. The average Bonchev–Trinajstić information content (AvgIpc) is 2.54. The van der Waals surface area contributed by atoms with Crippen molar-refractivity contribution in [2.75, 3.05) is 5.32 Å². The SMILES string of the molecule is CC(C)CC(=O)Nc1ccc(S(=O)(=O)NCc2ccccc2)cc1. The molecule has 2 aromatic carbocycles. The van der Waals surface area contributed by atoms with Crippen molar-refractivity contribution in [2.24, 2.45) is 5.92 Å². The van der Waals surface area contributed by atoms with E-state index in [1.807, 2.05) is 44.2 Å². The highest BCUT2D eigenvalue weighted by molar-refractivity contribution is 7.89. The van der Waals surface area contributed by atoms with E-state index in [-0.39, 0.29) is 23.3 Å². The Morgan fingerprint density at radius 2 is 1.62 bits per heavy atom. The molecule has 0 aliphatic heterocycles. The van der Waals surface area contributed by atoms with Crippen LogP contribution in [0.2, 0.25) is 0 Å². The van der Waals surface area contributed by atoms with Crippen LogP contribution >= 0.6 is 0 Å². The van der Waals surface area contributed by atoms with Crippen LogP contribution < -0.4 is 10.0 Å². The Bertz CT molecular complexity index is 770. The third kappa shape index (κ3) is 5.47. The van der Waals surface area contributed by atoms with Gasteiger partial charge in [-0.25, -0.2) is 13.1 Å². The van der Waals surface area contributed by atoms with Crippen LogP contribution in [0.15, 0.2) is 59.5 Å². The molecule has 0 atom stereocenters. The zero-order valence-electron chi connectivity index (χ0n) is 13.8. The highest BCUT2D eigenvalue weighted by Crippen LogP contribution is 2.15. The molecule has 1 amide bonds. The second-order valence-corrected chi connectivity index (χ2v) is 7.75. The first kappa shape index (κ1) is 18.2. The van der Waals surface area contributed by atoms with Gasteiger partial charge in [0.15, 0.2) is 0 Å². The number of anilines is 1. The summed E-state index contributed by atoms with van der Waals surface area (Å²) in [7, 11) is -3.59. The first-order valence-corrected chi connectivity index (χ1v) is 9.28. The van der Waals surface area contributed by atoms with Crippen LogP contribution in [0.4, 0.5) is 5.69 Å². The second kappa shape index (κ2) is 8.08. The van der Waals surface area contributed by atoms with Crippen LogP contribution in [0.1, 0.15) is 25.8 Å². The zero-order chi connectivity index (χ0) is 17.6. The molecular weight excluding hydrogens is 324 g/mol. The molecule has 24 heavy (non-hydrogen) atoms. The van der Waals surface area contributed by atoms with Crippen molar-refractivity contribution < 1.29 is 13.2 Å². The lowest BCUT2D eigenvalue weighted by molar-refractivity contribution is -0.116. The third-order valence-corrected chi connectivity index (χ3v) is 4.77. The molecule has 0 aliphatic carbocycles. The standard InChI is InChI=1S/C18H22N2O3S/c1-14(2)12-18(21)20-16-8-10-17(11-9-16)24(22,23)19-13-15-6-4-3-5-7-15/h3-11,14,19H,12-13H2,1-2H3,(H,20,21). The molecule has 0 saturated heterocycles. The fourth-order valence-electron chi connectivity index (χ4n) is 2.16. The number of hydrogen-bond donors (Lipinski definition) is 2. The Morgan fingerprint density at radius 3 is 2.21 bits per heavy atom. The smallest absolute Gasteiger partial charge is 0.240 e. The predicted molar refractivity (Wildman–Crippen MR) is 95.0 cm³/mol. The van der Waals surface area contributed by atoms with E-state index in [2.05, 4.69) is 10.0 Å². The van der Waals surface area contributed by atoms with Crippen LogP contribution in [-0.4, -0.2) is 14.3 Å². The van der Waals surface area contributed by atoms with Gasteiger partial charge < -0.3 is 5.32 Å². The van der Waals surface area contributed by atoms with Crippen LogP contribution in [0.25, 0.3) is 0 Å². The molecular formula is C18H22N2O3S. The number of benzene rings is 2. The number of carbonyl (C=O) groups excluding carboxylic acids is 1. The minimum atomic E-state index is -3.59. The van der Waals surface area contributed by atoms with Gasteiger partial charge >= 0.3 is 0 Å². The fourth-order valence-corrected chi connectivity index (χ4v) is 3.18. The van der Waals surface area contributed by atoms with Gasteiger partial charge in [0.1, 0.15) is 0 Å². The largest absolute Gasteiger partial charge is 0.326 e. The first-order chi connectivity index (χ1) is 11.4. The minimum Gasteiger partial charge on any atom is -0.326 e. The molecule has 2 N–H and O–H groups in total. The molecule has 5 nitrogen and oxygen atoms in total. The number of nitrogens with one attached hydrogen (secondary N) is 2. The monoisotopic (exact) mass is 346 g/mol. The Kier molecular flexibility index (Phi) is 6.11. The molecule has 0 unspecified atom stereocenters. The van der Waals surface area contributed by atoms with E-state index in [4.69, 9.17) is 0 Å². The van der Waals surface area contributed by atoms with Crippen molar-refractivity contribution in [1.82, 2.24) is 4.72 Å². The predicted octanol–water partition coefficient (Wildman–Crippen LogP) is 3.15. The summed E-state index contributed by atoms with van der Waals surface area (Å²) in [6, 6.07) is 15.5. The fraction of sp³-hybridized carbons (Fsp3) is 0.278. The summed E-state index contributed by atoms with van der Waals surface area (Å²) < 4.78 is 27.1. The normalized spacial score (nSPS) is 11.5. The van der Waals surface area contributed by atoms with Gasteiger partial charge in [0.05, 0.1) is 4.90 Å². The van der Waals surface area contributed by atoms with Crippen molar-refractivity contribution in [1.29, 1.82) is 0 Å². The second-order valence-electron chi connectivity index (χ2n) is 5.98. The van der Waals surface area contributed by atoms with Gasteiger partial charge in [-0.1, -0.05) is 44.2 Å². The van der Waals surface area contributed by atoms with Gasteiger partial charge in [0.2, 0.25) is 15.9 Å². The maximum absolute atomic E-state index is 12.3. The Morgan fingerprint density at radius 1 is 1.00 bits per heavy atom. The van der Waals surface area contributed by atoms with E-state index < -0.39 is 10.0 Å². The molecule has 0 radical (unpaired) electrons. The van der Waals surface area contributed by atoms with Crippen LogP contribution in [0, 0.1) is 5.92 Å². The van der Waals surface area contributed by atoms with Gasteiger partial charge in [-0.15, -0.1) is 0 Å². The van der Waals surface area contributed by atoms with E-state index in [0.29, 0.717) is 12.1 Å². The number of carbonyl (C=O) groups is 1. The molecule has 0 fully saturated rings. The van der Waals surface area contributed by atoms with Crippen LogP contribution in [0.5, 0.6) is 0 Å². The van der Waals surface area contributed by atoms with Gasteiger partial charge in [0, 0.05) is 18.7 Å². The molecule has 2 rings (SSSR count). The van der Waals surface area contributed by atoms with E-state index in [1.54, 1.807) is 12.1 Å². The maximum atomic E-state index is 12.3. The summed E-state index contributed by atoms with van der Waals surface area (Å²) in [5.41, 5.74) is 1.47. The van der Waals surface area contributed by atoms with Gasteiger partial charge in [-0.05, 0) is 35.7 Å². The average molecular weight is 346 g/mol. The summed E-state index contributed by atoms with van der Waals surface area (Å²) in [6.45, 7) is 4.16. The van der Waals surface area contributed by atoms with Gasteiger partial charge in [-0.3, -0.25) is 4.79 Å². The molecule has 0 aromatic heterocycles. The van der Waals surface area contributed by atoms with Gasteiger partial charge in [-0.2, -0.15) is 0 Å². The number of hydrogen-bond acceptors (Lipinski definition) is 3. The molecule has 0 spiro atoms. The summed E-state index contributed by atoms with van der Waals surface area (Å²) in [5, 5.41) is 2.76. The highest BCUT2D eigenvalue weighted by atomic mass is 32.2. The molecule has 0 heterocycles.